The van der Waals surface area contributed by atoms with Crippen molar-refractivity contribution in [2.45, 2.75) is 25.9 Å². The fourth-order valence-corrected chi connectivity index (χ4v) is 3.54. The predicted molar refractivity (Wildman–Crippen MR) is 99.6 cm³/mol. The van der Waals surface area contributed by atoms with Gasteiger partial charge in [-0.1, -0.05) is 0 Å². The van der Waals surface area contributed by atoms with Crippen molar-refractivity contribution in [1.29, 1.82) is 0 Å². The van der Waals surface area contributed by atoms with E-state index in [2.05, 4.69) is 15.0 Å². The number of fused-ring (bicyclic) bond motifs is 1. The van der Waals surface area contributed by atoms with E-state index in [4.69, 9.17) is 0 Å². The minimum absolute atomic E-state index is 0.199. The van der Waals surface area contributed by atoms with Crippen molar-refractivity contribution in [3.05, 3.63) is 29.5 Å². The first-order chi connectivity index (χ1) is 13.6. The van der Waals surface area contributed by atoms with Crippen molar-refractivity contribution in [1.82, 2.24) is 19.5 Å². The number of piperidine rings is 1. The molecule has 0 bridgehead atoms. The van der Waals surface area contributed by atoms with E-state index in [9.17, 15) is 23.1 Å². The number of hydrogen-bond donors (Lipinski definition) is 1. The molecule has 0 atom stereocenters. The van der Waals surface area contributed by atoms with Crippen LogP contribution in [0, 0.1) is 6.92 Å². The summed E-state index contributed by atoms with van der Waals surface area (Å²) in [5.41, 5.74) is 0.273. The molecule has 4 rings (SSSR count). The molecule has 2 aromatic heterocycles. The van der Waals surface area contributed by atoms with E-state index in [0.29, 0.717) is 49.1 Å². The molecule has 152 valence electrons. The molecule has 1 aliphatic heterocycles. The molecule has 10 heteroatoms. The van der Waals surface area contributed by atoms with Gasteiger partial charge in [-0.3, -0.25) is 4.79 Å². The third kappa shape index (κ3) is 3.39. The van der Waals surface area contributed by atoms with Gasteiger partial charge in [0.1, 0.15) is 23.2 Å². The molecule has 0 saturated carbocycles. The Morgan fingerprint density at radius 2 is 1.83 bits per heavy atom. The van der Waals surface area contributed by atoms with E-state index in [1.54, 1.807) is 17.8 Å². The number of aryl methyl sites for hydroxylation is 2. The lowest BCUT2D eigenvalue weighted by molar-refractivity contribution is -0.137. The highest BCUT2D eigenvalue weighted by Gasteiger charge is 2.32. The van der Waals surface area contributed by atoms with Crippen molar-refractivity contribution in [2.24, 2.45) is 7.05 Å². The van der Waals surface area contributed by atoms with Gasteiger partial charge in [-0.15, -0.1) is 0 Å². The lowest BCUT2D eigenvalue weighted by Gasteiger charge is -2.26. The monoisotopic (exact) mass is 405 g/mol. The zero-order valence-electron chi connectivity index (χ0n) is 15.8. The number of ketones is 1. The maximum Gasteiger partial charge on any atom is 0.416 e. The minimum atomic E-state index is -4.55. The fraction of sp³-hybridized carbons (Fsp3) is 0.368. The Hall–Kier alpha value is -3.17. The van der Waals surface area contributed by atoms with Gasteiger partial charge >= 0.3 is 6.18 Å². The summed E-state index contributed by atoms with van der Waals surface area (Å²) < 4.78 is 40.6. The van der Waals surface area contributed by atoms with Crippen LogP contribution in [0.5, 0.6) is 5.75 Å². The SMILES string of the molecule is Cc1cc(C(F)(F)F)cc(O)c1-c1nc2nc(N3CCC(=O)CC3)cnc2n1C. The molecule has 29 heavy (non-hydrogen) atoms. The molecule has 0 radical (unpaired) electrons. The Kier molecular flexibility index (Phi) is 4.44. The third-order valence-corrected chi connectivity index (χ3v) is 5.08. The molecule has 3 heterocycles. The number of aromatic nitrogens is 4. The van der Waals surface area contributed by atoms with Crippen LogP contribution in [-0.4, -0.2) is 43.5 Å². The molecule has 0 amide bonds. The zero-order chi connectivity index (χ0) is 20.9. The standard InChI is InChI=1S/C19H18F3N5O2/c1-10-7-11(19(20,21)22)8-13(29)15(10)17-25-16-18(26(17)2)23-9-14(24-16)27-5-3-12(28)4-6-27/h7-9,29H,3-6H2,1-2H3. The highest BCUT2D eigenvalue weighted by molar-refractivity contribution is 5.81. The summed E-state index contributed by atoms with van der Waals surface area (Å²) in [6.45, 7) is 2.59. The second-order valence-corrected chi connectivity index (χ2v) is 7.08. The summed E-state index contributed by atoms with van der Waals surface area (Å²) in [6.07, 6.45) is -2.07. The number of carbonyl (C=O) groups is 1. The topological polar surface area (TPSA) is 84.1 Å². The van der Waals surface area contributed by atoms with E-state index >= 15 is 0 Å². The van der Waals surface area contributed by atoms with Gasteiger partial charge in [0, 0.05) is 33.0 Å². The normalized spacial score (nSPS) is 15.3. The van der Waals surface area contributed by atoms with E-state index < -0.39 is 17.5 Å². The number of carbonyl (C=O) groups excluding carboxylic acids is 1. The number of halogens is 3. The van der Waals surface area contributed by atoms with E-state index in [0.717, 1.165) is 6.07 Å². The quantitative estimate of drug-likeness (QED) is 0.705. The van der Waals surface area contributed by atoms with Gasteiger partial charge < -0.3 is 14.6 Å². The van der Waals surface area contributed by atoms with Gasteiger partial charge in [0.05, 0.1) is 17.3 Å². The molecule has 3 aromatic rings. The van der Waals surface area contributed by atoms with Crippen LogP contribution in [0.1, 0.15) is 24.0 Å². The summed E-state index contributed by atoms with van der Waals surface area (Å²) in [5, 5.41) is 10.3. The Balaban J connectivity index is 1.77. The number of nitrogens with zero attached hydrogens (tertiary/aromatic N) is 5. The van der Waals surface area contributed by atoms with Gasteiger partial charge in [-0.05, 0) is 24.6 Å². The van der Waals surface area contributed by atoms with Gasteiger partial charge in [0.15, 0.2) is 11.3 Å². The summed E-state index contributed by atoms with van der Waals surface area (Å²) >= 11 is 0. The molecular formula is C19H18F3N5O2. The van der Waals surface area contributed by atoms with Gasteiger partial charge in [-0.2, -0.15) is 13.2 Å². The van der Waals surface area contributed by atoms with Crippen LogP contribution in [0.4, 0.5) is 19.0 Å². The number of aromatic hydroxyl groups is 1. The van der Waals surface area contributed by atoms with Crippen LogP contribution >= 0.6 is 0 Å². The summed E-state index contributed by atoms with van der Waals surface area (Å²) in [6, 6.07) is 1.67. The van der Waals surface area contributed by atoms with Crippen LogP contribution in [0.25, 0.3) is 22.7 Å². The van der Waals surface area contributed by atoms with Crippen molar-refractivity contribution in [3.8, 4) is 17.1 Å². The van der Waals surface area contributed by atoms with Crippen molar-refractivity contribution in [2.75, 3.05) is 18.0 Å². The van der Waals surface area contributed by atoms with Crippen LogP contribution in [0.2, 0.25) is 0 Å². The van der Waals surface area contributed by atoms with Crippen LogP contribution in [0.15, 0.2) is 18.3 Å². The van der Waals surface area contributed by atoms with E-state index in [1.807, 2.05) is 4.90 Å². The van der Waals surface area contributed by atoms with Gasteiger partial charge in [-0.25, -0.2) is 15.0 Å². The lowest BCUT2D eigenvalue weighted by Crippen LogP contribution is -2.34. The second-order valence-electron chi connectivity index (χ2n) is 7.08. The molecule has 0 aliphatic carbocycles. The van der Waals surface area contributed by atoms with Gasteiger partial charge in [0.2, 0.25) is 0 Å². The molecule has 1 aliphatic rings. The second kappa shape index (κ2) is 6.71. The molecule has 0 unspecified atom stereocenters. The number of phenolic OH excluding ortho intramolecular Hbond substituents is 1. The van der Waals surface area contributed by atoms with Crippen LogP contribution < -0.4 is 4.90 Å². The average molecular weight is 405 g/mol. The predicted octanol–water partition coefficient (Wildman–Crippen LogP) is 3.23. The molecule has 1 N–H and O–H groups in total. The Morgan fingerprint density at radius 3 is 2.45 bits per heavy atom. The van der Waals surface area contributed by atoms with Crippen molar-refractivity contribution in [3.63, 3.8) is 0 Å². The maximum absolute atomic E-state index is 13.0. The maximum atomic E-state index is 13.0. The lowest BCUT2D eigenvalue weighted by atomic mass is 10.0. The largest absolute Gasteiger partial charge is 0.507 e. The number of Topliss-reactive ketones (excluding diaryl/α,β-unsaturated/α-hetero) is 1. The van der Waals surface area contributed by atoms with Crippen molar-refractivity contribution < 1.29 is 23.1 Å². The Labute approximate surface area is 163 Å². The highest BCUT2D eigenvalue weighted by atomic mass is 19.4. The molecule has 1 aromatic carbocycles. The zero-order valence-corrected chi connectivity index (χ0v) is 15.8. The molecule has 1 saturated heterocycles. The number of anilines is 1. The van der Waals surface area contributed by atoms with E-state index in [1.165, 1.54) is 6.92 Å². The molecule has 0 spiro atoms. The van der Waals surface area contributed by atoms with Crippen LogP contribution in [-0.2, 0) is 18.0 Å². The van der Waals surface area contributed by atoms with Gasteiger partial charge in [0.25, 0.3) is 0 Å². The first kappa shape index (κ1) is 19.2. The van der Waals surface area contributed by atoms with Crippen molar-refractivity contribution >= 4 is 22.9 Å². The Morgan fingerprint density at radius 1 is 1.14 bits per heavy atom. The molecule has 7 nitrogen and oxygen atoms in total. The Bertz CT molecular complexity index is 1090. The third-order valence-electron chi connectivity index (χ3n) is 5.08. The molecule has 1 fully saturated rings. The van der Waals surface area contributed by atoms with Crippen LogP contribution in [0.3, 0.4) is 0 Å². The minimum Gasteiger partial charge on any atom is -0.507 e. The summed E-state index contributed by atoms with van der Waals surface area (Å²) in [4.78, 5) is 26.7. The summed E-state index contributed by atoms with van der Waals surface area (Å²) in [7, 11) is 1.66. The first-order valence-corrected chi connectivity index (χ1v) is 9.02. The average Bonchev–Trinajstić information content (AvgIpc) is 2.97. The number of rotatable bonds is 2. The molecular weight excluding hydrogens is 387 g/mol. The smallest absolute Gasteiger partial charge is 0.416 e. The highest BCUT2D eigenvalue weighted by Crippen LogP contribution is 2.39. The van der Waals surface area contributed by atoms with E-state index in [-0.39, 0.29) is 22.7 Å². The number of alkyl halides is 3. The number of imidazole rings is 1. The summed E-state index contributed by atoms with van der Waals surface area (Å²) in [5.74, 6) is 0.562. The number of hydrogen-bond acceptors (Lipinski definition) is 6. The first-order valence-electron chi connectivity index (χ1n) is 9.02. The fourth-order valence-electron chi connectivity index (χ4n) is 3.54. The number of phenols is 1. The number of benzene rings is 1.